The molecule has 1 saturated heterocycles. The maximum absolute atomic E-state index is 13.0. The van der Waals surface area contributed by atoms with Gasteiger partial charge in [-0.05, 0) is 49.2 Å². The van der Waals surface area contributed by atoms with Crippen molar-refractivity contribution in [1.82, 2.24) is 9.88 Å². The standard InChI is InChI=1S/C21H22ClN3O2S/c1-13-4-7-18-19(14(13)2)23-21(28-18)25-10-8-24(9-11-25)20(26)16-12-15(22)5-6-17(16)27-3/h4-7,12H,8-11H2,1-3H3. The highest BCUT2D eigenvalue weighted by Gasteiger charge is 2.26. The van der Waals surface area contributed by atoms with Crippen molar-refractivity contribution in [1.29, 1.82) is 0 Å². The smallest absolute Gasteiger partial charge is 0.257 e. The number of aryl methyl sites for hydroxylation is 2. The molecule has 0 bridgehead atoms. The van der Waals surface area contributed by atoms with Crippen molar-refractivity contribution in [2.45, 2.75) is 13.8 Å². The van der Waals surface area contributed by atoms with Crippen LogP contribution in [-0.4, -0.2) is 49.1 Å². The van der Waals surface area contributed by atoms with Gasteiger partial charge in [0.15, 0.2) is 5.13 Å². The second-order valence-electron chi connectivity index (χ2n) is 6.97. The van der Waals surface area contributed by atoms with Crippen molar-refractivity contribution in [2.24, 2.45) is 0 Å². The molecule has 0 radical (unpaired) electrons. The fourth-order valence-electron chi connectivity index (χ4n) is 3.47. The summed E-state index contributed by atoms with van der Waals surface area (Å²) < 4.78 is 6.54. The molecular weight excluding hydrogens is 394 g/mol. The molecule has 1 aliphatic heterocycles. The first-order chi connectivity index (χ1) is 13.5. The lowest BCUT2D eigenvalue weighted by Gasteiger charge is -2.34. The number of fused-ring (bicyclic) bond motifs is 1. The molecule has 0 N–H and O–H groups in total. The van der Waals surface area contributed by atoms with Crippen LogP contribution in [0.15, 0.2) is 30.3 Å². The molecule has 2 heterocycles. The van der Waals surface area contributed by atoms with E-state index in [0.717, 1.165) is 23.7 Å². The molecule has 1 aromatic heterocycles. The summed E-state index contributed by atoms with van der Waals surface area (Å²) in [6.45, 7) is 7.03. The zero-order valence-corrected chi connectivity index (χ0v) is 17.7. The minimum atomic E-state index is -0.0465. The molecule has 28 heavy (non-hydrogen) atoms. The van der Waals surface area contributed by atoms with Gasteiger partial charge < -0.3 is 14.5 Å². The Kier molecular flexibility index (Phi) is 5.17. The van der Waals surface area contributed by atoms with Crippen molar-refractivity contribution in [2.75, 3.05) is 38.2 Å². The topological polar surface area (TPSA) is 45.7 Å². The van der Waals surface area contributed by atoms with Gasteiger partial charge in [-0.3, -0.25) is 4.79 Å². The van der Waals surface area contributed by atoms with Gasteiger partial charge in [-0.2, -0.15) is 0 Å². The van der Waals surface area contributed by atoms with Crippen LogP contribution in [0.3, 0.4) is 0 Å². The number of benzene rings is 2. The molecule has 1 aliphatic rings. The molecule has 1 amide bonds. The predicted octanol–water partition coefficient (Wildman–Crippen LogP) is 4.54. The molecule has 1 fully saturated rings. The van der Waals surface area contributed by atoms with Crippen LogP contribution < -0.4 is 9.64 Å². The minimum Gasteiger partial charge on any atom is -0.496 e. The number of nitrogens with zero attached hydrogens (tertiary/aromatic N) is 3. The lowest BCUT2D eigenvalue weighted by atomic mass is 10.1. The minimum absolute atomic E-state index is 0.0465. The number of hydrogen-bond acceptors (Lipinski definition) is 5. The third-order valence-corrected chi connectivity index (χ3v) is 6.62. The highest BCUT2D eigenvalue weighted by Crippen LogP contribution is 2.32. The Bertz CT molecular complexity index is 1040. The molecule has 3 aromatic rings. The first-order valence-electron chi connectivity index (χ1n) is 9.22. The Hall–Kier alpha value is -2.31. The molecular formula is C21H22ClN3O2S. The summed E-state index contributed by atoms with van der Waals surface area (Å²) in [4.78, 5) is 21.9. The number of thiazole rings is 1. The third-order valence-electron chi connectivity index (χ3n) is 5.30. The third kappa shape index (κ3) is 3.42. The fourth-order valence-corrected chi connectivity index (χ4v) is 4.72. The number of methoxy groups -OCH3 is 1. The number of piperazine rings is 1. The van der Waals surface area contributed by atoms with Crippen molar-refractivity contribution in [3.05, 3.63) is 52.0 Å². The summed E-state index contributed by atoms with van der Waals surface area (Å²) in [5, 5.41) is 1.55. The Morgan fingerprint density at radius 3 is 2.61 bits per heavy atom. The molecule has 4 rings (SSSR count). The number of carbonyl (C=O) groups excluding carboxylic acids is 1. The lowest BCUT2D eigenvalue weighted by Crippen LogP contribution is -2.48. The zero-order valence-electron chi connectivity index (χ0n) is 16.2. The first kappa shape index (κ1) is 19.0. The van der Waals surface area contributed by atoms with Gasteiger partial charge in [0.1, 0.15) is 5.75 Å². The van der Waals surface area contributed by atoms with Crippen LogP contribution in [0.5, 0.6) is 5.75 Å². The summed E-state index contributed by atoms with van der Waals surface area (Å²) in [7, 11) is 1.56. The van der Waals surface area contributed by atoms with Crippen LogP contribution in [0.1, 0.15) is 21.5 Å². The normalized spacial score (nSPS) is 14.6. The summed E-state index contributed by atoms with van der Waals surface area (Å²) in [5.74, 6) is 0.503. The molecule has 0 spiro atoms. The first-order valence-corrected chi connectivity index (χ1v) is 10.4. The van der Waals surface area contributed by atoms with E-state index in [1.54, 1.807) is 36.6 Å². The van der Waals surface area contributed by atoms with Crippen molar-refractivity contribution >= 4 is 44.2 Å². The van der Waals surface area contributed by atoms with E-state index in [2.05, 4.69) is 30.9 Å². The zero-order chi connectivity index (χ0) is 19.8. The van der Waals surface area contributed by atoms with Gasteiger partial charge in [-0.15, -0.1) is 0 Å². The van der Waals surface area contributed by atoms with Gasteiger partial charge in [0, 0.05) is 31.2 Å². The number of halogens is 1. The molecule has 0 unspecified atom stereocenters. The van der Waals surface area contributed by atoms with Gasteiger partial charge in [0.05, 0.1) is 22.9 Å². The van der Waals surface area contributed by atoms with Gasteiger partial charge in [-0.1, -0.05) is 29.0 Å². The Morgan fingerprint density at radius 2 is 1.89 bits per heavy atom. The molecule has 0 atom stereocenters. The number of amides is 1. The maximum atomic E-state index is 13.0. The van der Waals surface area contributed by atoms with E-state index in [1.807, 2.05) is 4.90 Å². The second kappa shape index (κ2) is 7.60. The van der Waals surface area contributed by atoms with E-state index in [4.69, 9.17) is 21.3 Å². The maximum Gasteiger partial charge on any atom is 0.257 e. The Labute approximate surface area is 173 Å². The van der Waals surface area contributed by atoms with E-state index in [-0.39, 0.29) is 5.91 Å². The van der Waals surface area contributed by atoms with Crippen molar-refractivity contribution in [3.8, 4) is 5.75 Å². The van der Waals surface area contributed by atoms with E-state index < -0.39 is 0 Å². The Balaban J connectivity index is 1.50. The number of rotatable bonds is 3. The highest BCUT2D eigenvalue weighted by atomic mass is 35.5. The number of aromatic nitrogens is 1. The van der Waals surface area contributed by atoms with Crippen molar-refractivity contribution in [3.63, 3.8) is 0 Å². The average molecular weight is 416 g/mol. The predicted molar refractivity (Wildman–Crippen MR) is 115 cm³/mol. The Morgan fingerprint density at radius 1 is 1.14 bits per heavy atom. The average Bonchev–Trinajstić information content (AvgIpc) is 3.15. The number of hydrogen-bond donors (Lipinski definition) is 0. The highest BCUT2D eigenvalue weighted by molar-refractivity contribution is 7.22. The second-order valence-corrected chi connectivity index (χ2v) is 8.42. The van der Waals surface area contributed by atoms with Crippen LogP contribution in [0.2, 0.25) is 5.02 Å². The summed E-state index contributed by atoms with van der Waals surface area (Å²) in [6, 6.07) is 9.43. The quantitative estimate of drug-likeness (QED) is 0.630. The molecule has 0 aliphatic carbocycles. The number of carbonyl (C=O) groups is 1. The van der Waals surface area contributed by atoms with Crippen LogP contribution >= 0.6 is 22.9 Å². The van der Waals surface area contributed by atoms with E-state index >= 15 is 0 Å². The van der Waals surface area contributed by atoms with E-state index in [0.29, 0.717) is 29.4 Å². The van der Waals surface area contributed by atoms with Crippen LogP contribution in [0.4, 0.5) is 5.13 Å². The summed E-state index contributed by atoms with van der Waals surface area (Å²) in [5.41, 5.74) is 4.09. The van der Waals surface area contributed by atoms with Crippen LogP contribution in [0, 0.1) is 13.8 Å². The van der Waals surface area contributed by atoms with E-state index in [9.17, 15) is 4.79 Å². The SMILES string of the molecule is COc1ccc(Cl)cc1C(=O)N1CCN(c2nc3c(C)c(C)ccc3s2)CC1. The molecule has 146 valence electrons. The number of anilines is 1. The lowest BCUT2D eigenvalue weighted by molar-refractivity contribution is 0.0743. The van der Waals surface area contributed by atoms with E-state index in [1.165, 1.54) is 15.8 Å². The monoisotopic (exact) mass is 415 g/mol. The molecule has 5 nitrogen and oxygen atoms in total. The van der Waals surface area contributed by atoms with Gasteiger partial charge in [-0.25, -0.2) is 4.98 Å². The summed E-state index contributed by atoms with van der Waals surface area (Å²) in [6.07, 6.45) is 0. The fraction of sp³-hybridized carbons (Fsp3) is 0.333. The molecule has 2 aromatic carbocycles. The summed E-state index contributed by atoms with van der Waals surface area (Å²) >= 11 is 7.80. The number of ether oxygens (including phenoxy) is 1. The molecule has 0 saturated carbocycles. The van der Waals surface area contributed by atoms with Gasteiger partial charge >= 0.3 is 0 Å². The van der Waals surface area contributed by atoms with Crippen LogP contribution in [0.25, 0.3) is 10.2 Å². The largest absolute Gasteiger partial charge is 0.496 e. The van der Waals surface area contributed by atoms with Crippen molar-refractivity contribution < 1.29 is 9.53 Å². The van der Waals surface area contributed by atoms with Gasteiger partial charge in [0.25, 0.3) is 5.91 Å². The molecule has 7 heteroatoms. The van der Waals surface area contributed by atoms with Gasteiger partial charge in [0.2, 0.25) is 0 Å². The van der Waals surface area contributed by atoms with Crippen LogP contribution in [-0.2, 0) is 0 Å².